The largest absolute Gasteiger partial charge is 0.379 e. The van der Waals surface area contributed by atoms with Crippen molar-refractivity contribution in [2.45, 2.75) is 26.8 Å². The maximum atomic E-state index is 5.37. The molecule has 0 spiro atoms. The van der Waals surface area contributed by atoms with Gasteiger partial charge in [-0.2, -0.15) is 0 Å². The van der Waals surface area contributed by atoms with Gasteiger partial charge >= 0.3 is 0 Å². The second-order valence-electron chi connectivity index (χ2n) is 5.69. The van der Waals surface area contributed by atoms with E-state index in [4.69, 9.17) is 4.74 Å². The first-order valence-electron chi connectivity index (χ1n) is 8.38. The van der Waals surface area contributed by atoms with Crippen molar-refractivity contribution in [1.29, 1.82) is 0 Å². The maximum absolute atomic E-state index is 5.37. The first-order valence-corrected chi connectivity index (χ1v) is 8.38. The topological polar surface area (TPSA) is 79.6 Å². The van der Waals surface area contributed by atoms with Gasteiger partial charge in [0.1, 0.15) is 12.4 Å². The van der Waals surface area contributed by atoms with Crippen molar-refractivity contribution in [2.24, 2.45) is 12.0 Å². The molecule has 0 saturated carbocycles. The summed E-state index contributed by atoms with van der Waals surface area (Å²) in [4.78, 5) is 7.02. The Morgan fingerprint density at radius 3 is 2.61 bits per heavy atom. The molecule has 1 aromatic rings. The molecule has 1 fully saturated rings. The summed E-state index contributed by atoms with van der Waals surface area (Å²) in [5.41, 5.74) is 0. The summed E-state index contributed by atoms with van der Waals surface area (Å²) >= 11 is 0. The fourth-order valence-corrected chi connectivity index (χ4v) is 2.31. The van der Waals surface area contributed by atoms with Crippen LogP contribution >= 0.6 is 0 Å². The van der Waals surface area contributed by atoms with Crippen LogP contribution in [0.15, 0.2) is 4.99 Å². The number of nitrogens with zero attached hydrogens (tertiary/aromatic N) is 5. The van der Waals surface area contributed by atoms with Gasteiger partial charge in [-0.15, -0.1) is 10.2 Å². The first kappa shape index (κ1) is 17.7. The van der Waals surface area contributed by atoms with Crippen LogP contribution in [0.2, 0.25) is 0 Å². The van der Waals surface area contributed by atoms with E-state index < -0.39 is 0 Å². The Hall–Kier alpha value is -1.67. The zero-order chi connectivity index (χ0) is 16.5. The SMILES string of the molecule is CCCNC(=NCc1nnc(C)n1C)NCCN1CCOCC1. The fraction of sp³-hybridized carbons (Fsp3) is 0.800. The highest BCUT2D eigenvalue weighted by atomic mass is 16.5. The molecule has 23 heavy (non-hydrogen) atoms. The number of aliphatic imine (C=N–C) groups is 1. The number of rotatable bonds is 7. The molecule has 2 N–H and O–H groups in total. The monoisotopic (exact) mass is 323 g/mol. The lowest BCUT2D eigenvalue weighted by atomic mass is 10.4. The van der Waals surface area contributed by atoms with Crippen LogP contribution < -0.4 is 10.6 Å². The van der Waals surface area contributed by atoms with E-state index in [9.17, 15) is 0 Å². The van der Waals surface area contributed by atoms with Crippen molar-refractivity contribution in [3.63, 3.8) is 0 Å². The standard InChI is InChI=1S/C15H29N7O/c1-4-5-16-15(17-6-7-22-8-10-23-11-9-22)18-12-14-20-19-13(2)21(14)3/h4-12H2,1-3H3,(H2,16,17,18). The lowest BCUT2D eigenvalue weighted by molar-refractivity contribution is 0.0389. The molecule has 8 nitrogen and oxygen atoms in total. The minimum Gasteiger partial charge on any atom is -0.379 e. The van der Waals surface area contributed by atoms with Gasteiger partial charge in [-0.25, -0.2) is 4.99 Å². The van der Waals surface area contributed by atoms with Gasteiger partial charge in [0.2, 0.25) is 0 Å². The van der Waals surface area contributed by atoms with Crippen molar-refractivity contribution in [3.05, 3.63) is 11.6 Å². The van der Waals surface area contributed by atoms with Crippen LogP contribution in [0.3, 0.4) is 0 Å². The first-order chi connectivity index (χ1) is 11.2. The minimum absolute atomic E-state index is 0.522. The molecule has 0 aliphatic carbocycles. The predicted molar refractivity (Wildman–Crippen MR) is 90.4 cm³/mol. The maximum Gasteiger partial charge on any atom is 0.191 e. The summed E-state index contributed by atoms with van der Waals surface area (Å²) in [6.07, 6.45) is 1.06. The number of hydrogen-bond acceptors (Lipinski definition) is 5. The highest BCUT2D eigenvalue weighted by molar-refractivity contribution is 5.79. The van der Waals surface area contributed by atoms with E-state index in [-0.39, 0.29) is 0 Å². The Morgan fingerprint density at radius 1 is 1.22 bits per heavy atom. The average Bonchev–Trinajstić information content (AvgIpc) is 2.89. The molecular weight excluding hydrogens is 294 g/mol. The number of aryl methyl sites for hydroxylation is 1. The molecule has 1 aliphatic heterocycles. The predicted octanol–water partition coefficient (Wildman–Crippen LogP) is -0.0991. The van der Waals surface area contributed by atoms with E-state index in [0.29, 0.717) is 6.54 Å². The van der Waals surface area contributed by atoms with Crippen LogP contribution in [0.25, 0.3) is 0 Å². The zero-order valence-corrected chi connectivity index (χ0v) is 14.5. The van der Waals surface area contributed by atoms with Crippen LogP contribution in [0.4, 0.5) is 0 Å². The van der Waals surface area contributed by atoms with E-state index in [1.807, 2.05) is 18.5 Å². The normalized spacial score (nSPS) is 16.6. The van der Waals surface area contributed by atoms with Gasteiger partial charge in [-0.3, -0.25) is 4.90 Å². The third-order valence-electron chi connectivity index (χ3n) is 3.93. The lowest BCUT2D eigenvalue weighted by Gasteiger charge is -2.26. The molecule has 130 valence electrons. The molecule has 1 aromatic heterocycles. The van der Waals surface area contributed by atoms with Crippen LogP contribution in [-0.4, -0.2) is 71.6 Å². The fourth-order valence-electron chi connectivity index (χ4n) is 2.31. The molecule has 2 rings (SSSR count). The summed E-state index contributed by atoms with van der Waals surface area (Å²) in [6, 6.07) is 0. The van der Waals surface area contributed by atoms with Crippen molar-refractivity contribution < 1.29 is 4.74 Å². The number of hydrogen-bond donors (Lipinski definition) is 2. The van der Waals surface area contributed by atoms with E-state index >= 15 is 0 Å². The lowest BCUT2D eigenvalue weighted by Crippen LogP contribution is -2.44. The quantitative estimate of drug-likeness (QED) is 0.539. The second-order valence-corrected chi connectivity index (χ2v) is 5.69. The zero-order valence-electron chi connectivity index (χ0n) is 14.5. The smallest absolute Gasteiger partial charge is 0.191 e. The van der Waals surface area contributed by atoms with Crippen LogP contribution in [-0.2, 0) is 18.3 Å². The van der Waals surface area contributed by atoms with Gasteiger partial charge in [-0.1, -0.05) is 6.92 Å². The highest BCUT2D eigenvalue weighted by Gasteiger charge is 2.10. The van der Waals surface area contributed by atoms with Gasteiger partial charge < -0.3 is 19.9 Å². The Bertz CT molecular complexity index is 494. The Balaban J connectivity index is 1.82. The van der Waals surface area contributed by atoms with Crippen molar-refractivity contribution in [1.82, 2.24) is 30.3 Å². The number of nitrogens with one attached hydrogen (secondary N) is 2. The van der Waals surface area contributed by atoms with Crippen molar-refractivity contribution >= 4 is 5.96 Å². The van der Waals surface area contributed by atoms with Gasteiger partial charge in [0, 0.05) is 39.8 Å². The van der Waals surface area contributed by atoms with Gasteiger partial charge in [0.15, 0.2) is 11.8 Å². The molecule has 8 heteroatoms. The molecule has 2 heterocycles. The Labute approximate surface area is 138 Å². The molecule has 0 radical (unpaired) electrons. The van der Waals surface area contributed by atoms with E-state index in [1.54, 1.807) is 0 Å². The third kappa shape index (κ3) is 5.80. The molecule has 0 unspecified atom stereocenters. The molecule has 1 aliphatic rings. The summed E-state index contributed by atoms with van der Waals surface area (Å²) in [6.45, 7) is 11.1. The van der Waals surface area contributed by atoms with E-state index in [1.165, 1.54) is 0 Å². The number of guanidine groups is 1. The Kier molecular flexibility index (Phi) is 7.28. The Morgan fingerprint density at radius 2 is 1.96 bits per heavy atom. The summed E-state index contributed by atoms with van der Waals surface area (Å²) in [5.74, 6) is 2.60. The average molecular weight is 323 g/mol. The van der Waals surface area contributed by atoms with Gasteiger partial charge in [-0.05, 0) is 13.3 Å². The number of aromatic nitrogens is 3. The molecule has 1 saturated heterocycles. The number of ether oxygens (including phenoxy) is 1. The molecular formula is C15H29N7O. The summed E-state index contributed by atoms with van der Waals surface area (Å²) in [5, 5.41) is 15.0. The van der Waals surface area contributed by atoms with Crippen LogP contribution in [0, 0.1) is 6.92 Å². The molecule has 0 amide bonds. The second kappa shape index (κ2) is 9.46. The number of morpholine rings is 1. The van der Waals surface area contributed by atoms with Crippen LogP contribution in [0.1, 0.15) is 25.0 Å². The minimum atomic E-state index is 0.522. The highest BCUT2D eigenvalue weighted by Crippen LogP contribution is 1.99. The van der Waals surface area contributed by atoms with Crippen molar-refractivity contribution in [2.75, 3.05) is 45.9 Å². The third-order valence-corrected chi connectivity index (χ3v) is 3.93. The summed E-state index contributed by atoms with van der Waals surface area (Å²) < 4.78 is 7.33. The van der Waals surface area contributed by atoms with Crippen molar-refractivity contribution in [3.8, 4) is 0 Å². The summed E-state index contributed by atoms with van der Waals surface area (Å²) in [7, 11) is 1.96. The van der Waals surface area contributed by atoms with Gasteiger partial charge in [0.05, 0.1) is 13.2 Å². The molecule has 0 atom stereocenters. The van der Waals surface area contributed by atoms with Crippen LogP contribution in [0.5, 0.6) is 0 Å². The van der Waals surface area contributed by atoms with E-state index in [2.05, 4.69) is 37.6 Å². The molecule has 0 bridgehead atoms. The van der Waals surface area contributed by atoms with E-state index in [0.717, 1.165) is 70.0 Å². The van der Waals surface area contributed by atoms with Gasteiger partial charge in [0.25, 0.3) is 0 Å². The molecule has 0 aromatic carbocycles.